The Morgan fingerprint density at radius 3 is 2.77 bits per heavy atom. The van der Waals surface area contributed by atoms with E-state index in [2.05, 4.69) is 30.0 Å². The summed E-state index contributed by atoms with van der Waals surface area (Å²) in [4.78, 5) is 7.25. The van der Waals surface area contributed by atoms with Crippen LogP contribution in [-0.2, 0) is 16.7 Å². The Bertz CT molecular complexity index is 1050. The van der Waals surface area contributed by atoms with E-state index in [0.29, 0.717) is 16.9 Å². The van der Waals surface area contributed by atoms with Crippen molar-refractivity contribution >= 4 is 17.6 Å². The lowest BCUT2D eigenvalue weighted by Gasteiger charge is -2.50. The number of nitrogens with two attached hydrogens (primary N) is 1. The summed E-state index contributed by atoms with van der Waals surface area (Å²) in [5.41, 5.74) is 10.3. The number of nitrogens with zero attached hydrogens (tertiary/aromatic N) is 2. The Morgan fingerprint density at radius 2 is 2.03 bits per heavy atom. The normalized spacial score (nSPS) is 32.0. The number of hydrogen-bond donors (Lipinski definition) is 1. The molecule has 2 aromatic rings. The second-order valence-electron chi connectivity index (χ2n) is 9.61. The maximum Gasteiger partial charge on any atom is 0.191 e. The summed E-state index contributed by atoms with van der Waals surface area (Å²) in [5.74, 6) is 0.671. The second kappa shape index (κ2) is 7.21. The lowest BCUT2D eigenvalue weighted by Crippen LogP contribution is -2.50. The van der Waals surface area contributed by atoms with Crippen molar-refractivity contribution in [2.75, 3.05) is 20.7 Å². The van der Waals surface area contributed by atoms with Gasteiger partial charge in [0.15, 0.2) is 5.96 Å². The molecule has 2 aromatic carbocycles. The van der Waals surface area contributed by atoms with E-state index in [0.717, 1.165) is 43.4 Å². The fraction of sp³-hybridized carbons (Fsp3) is 0.480. The molecule has 0 saturated heterocycles. The first kappa shape index (κ1) is 20.8. The number of guanidine groups is 1. The first-order valence-electron chi connectivity index (χ1n) is 10.9. The molecule has 1 heterocycles. The smallest absolute Gasteiger partial charge is 0.191 e. The highest BCUT2D eigenvalue weighted by Gasteiger charge is 2.61. The number of fused-ring (bicyclic) bond motifs is 2. The van der Waals surface area contributed by atoms with Gasteiger partial charge in [-0.1, -0.05) is 23.7 Å². The lowest BCUT2D eigenvalue weighted by atomic mass is 9.56. The molecule has 0 bridgehead atoms. The molecule has 164 valence electrons. The van der Waals surface area contributed by atoms with E-state index in [1.165, 1.54) is 23.3 Å². The molecule has 0 radical (unpaired) electrons. The van der Waals surface area contributed by atoms with Gasteiger partial charge in [0.25, 0.3) is 0 Å². The van der Waals surface area contributed by atoms with Crippen LogP contribution in [0.2, 0.25) is 5.02 Å². The monoisotopic (exact) mass is 441 g/mol. The molecule has 1 saturated carbocycles. The van der Waals surface area contributed by atoms with Crippen molar-refractivity contribution < 1.29 is 9.13 Å². The zero-order valence-electron chi connectivity index (χ0n) is 18.3. The molecule has 3 aliphatic rings. The van der Waals surface area contributed by atoms with Crippen LogP contribution in [0.4, 0.5) is 4.39 Å². The van der Waals surface area contributed by atoms with Gasteiger partial charge in [0, 0.05) is 31.1 Å². The summed E-state index contributed by atoms with van der Waals surface area (Å²) in [6, 6.07) is 11.1. The van der Waals surface area contributed by atoms with Gasteiger partial charge in [-0.2, -0.15) is 0 Å². The molecule has 0 amide bonds. The van der Waals surface area contributed by atoms with Crippen molar-refractivity contribution in [1.82, 2.24) is 4.90 Å². The van der Waals surface area contributed by atoms with E-state index in [9.17, 15) is 4.39 Å². The van der Waals surface area contributed by atoms with Gasteiger partial charge >= 0.3 is 0 Å². The predicted octanol–water partition coefficient (Wildman–Crippen LogP) is 4.98. The van der Waals surface area contributed by atoms with Crippen LogP contribution in [0.15, 0.2) is 41.4 Å². The summed E-state index contributed by atoms with van der Waals surface area (Å²) >= 11 is 6.13. The van der Waals surface area contributed by atoms with E-state index in [4.69, 9.17) is 27.1 Å². The number of ether oxygens (including phenoxy) is 1. The molecule has 1 aliphatic heterocycles. The predicted molar refractivity (Wildman–Crippen MR) is 123 cm³/mol. The molecule has 6 heteroatoms. The third-order valence-corrected chi connectivity index (χ3v) is 8.32. The topological polar surface area (TPSA) is 50.9 Å². The van der Waals surface area contributed by atoms with Crippen LogP contribution in [0.5, 0.6) is 0 Å². The van der Waals surface area contributed by atoms with Crippen LogP contribution in [0, 0.1) is 17.2 Å². The highest BCUT2D eigenvalue weighted by Crippen LogP contribution is 2.63. The summed E-state index contributed by atoms with van der Waals surface area (Å²) in [7, 11) is 3.84. The van der Waals surface area contributed by atoms with Crippen molar-refractivity contribution in [2.45, 2.75) is 44.2 Å². The molecule has 2 N–H and O–H groups in total. The fourth-order valence-corrected chi connectivity index (χ4v) is 6.62. The highest BCUT2D eigenvalue weighted by atomic mass is 35.5. The molecule has 1 fully saturated rings. The number of benzene rings is 2. The SMILES string of the molecule is COC1CCC23Cc4ccc(-c5cc(F)cc(Cl)c5)cc4C2(C)N=C(N)N(C)CC3C1. The highest BCUT2D eigenvalue weighted by molar-refractivity contribution is 6.30. The Morgan fingerprint density at radius 1 is 1.23 bits per heavy atom. The van der Waals surface area contributed by atoms with Gasteiger partial charge in [0.1, 0.15) is 5.82 Å². The minimum Gasteiger partial charge on any atom is -0.381 e. The molecule has 2 aliphatic carbocycles. The van der Waals surface area contributed by atoms with Gasteiger partial charge in [-0.15, -0.1) is 0 Å². The van der Waals surface area contributed by atoms with Crippen LogP contribution in [0.1, 0.15) is 37.3 Å². The van der Waals surface area contributed by atoms with Gasteiger partial charge < -0.3 is 15.4 Å². The molecular weight excluding hydrogens is 413 g/mol. The maximum atomic E-state index is 14.0. The number of hydrogen-bond acceptors (Lipinski definition) is 4. The van der Waals surface area contributed by atoms with Crippen LogP contribution < -0.4 is 5.73 Å². The molecule has 4 atom stereocenters. The summed E-state index contributed by atoms with van der Waals surface area (Å²) in [5, 5.41) is 0.398. The van der Waals surface area contributed by atoms with Gasteiger partial charge in [-0.3, -0.25) is 0 Å². The van der Waals surface area contributed by atoms with Gasteiger partial charge in [-0.05, 0) is 85.0 Å². The van der Waals surface area contributed by atoms with Gasteiger partial charge in [0.05, 0.1) is 11.6 Å². The Labute approximate surface area is 188 Å². The van der Waals surface area contributed by atoms with E-state index >= 15 is 0 Å². The van der Waals surface area contributed by atoms with E-state index in [1.807, 2.05) is 20.2 Å². The third kappa shape index (κ3) is 3.08. The van der Waals surface area contributed by atoms with E-state index in [-0.39, 0.29) is 17.3 Å². The largest absolute Gasteiger partial charge is 0.381 e. The van der Waals surface area contributed by atoms with Crippen molar-refractivity contribution in [2.24, 2.45) is 22.1 Å². The summed E-state index contributed by atoms with van der Waals surface area (Å²) in [6.45, 7) is 3.12. The maximum absolute atomic E-state index is 14.0. The zero-order valence-corrected chi connectivity index (χ0v) is 19.0. The Balaban J connectivity index is 1.66. The number of methoxy groups -OCH3 is 1. The Kier molecular flexibility index (Phi) is 4.83. The zero-order chi connectivity index (χ0) is 22.0. The minimum atomic E-state index is -0.437. The lowest BCUT2D eigenvalue weighted by molar-refractivity contribution is -0.0464. The summed E-state index contributed by atoms with van der Waals surface area (Å²) < 4.78 is 19.8. The number of aliphatic imine (C=N–C) groups is 1. The first-order chi connectivity index (χ1) is 14.8. The van der Waals surface area contributed by atoms with Gasteiger partial charge in [-0.25, -0.2) is 9.38 Å². The number of halogens is 2. The fourth-order valence-electron chi connectivity index (χ4n) is 6.39. The van der Waals surface area contributed by atoms with Crippen LogP contribution in [0.3, 0.4) is 0 Å². The molecule has 31 heavy (non-hydrogen) atoms. The third-order valence-electron chi connectivity index (χ3n) is 8.10. The van der Waals surface area contributed by atoms with Crippen molar-refractivity contribution in [3.05, 3.63) is 58.4 Å². The van der Waals surface area contributed by atoms with Crippen LogP contribution in [-0.4, -0.2) is 37.7 Å². The quantitative estimate of drug-likeness (QED) is 0.715. The molecule has 4 nitrogen and oxygen atoms in total. The van der Waals surface area contributed by atoms with Crippen molar-refractivity contribution in [3.63, 3.8) is 0 Å². The second-order valence-corrected chi connectivity index (χ2v) is 10.1. The standard InChI is InChI=1S/C25H29ClFN3O/c1-24-22-10-15(17-8-19(26)12-20(27)9-17)4-5-16(22)13-25(24)7-6-21(31-3)11-18(25)14-30(2)23(28)29-24/h4-5,8-10,12,18,21H,6-7,11,13-14H2,1-3H3,(H2,28,29). The number of rotatable bonds is 2. The average molecular weight is 442 g/mol. The minimum absolute atomic E-state index is 0.00203. The molecular formula is C25H29ClFN3O. The van der Waals surface area contributed by atoms with Gasteiger partial charge in [0.2, 0.25) is 0 Å². The van der Waals surface area contributed by atoms with E-state index in [1.54, 1.807) is 0 Å². The molecule has 4 unspecified atom stereocenters. The summed E-state index contributed by atoms with van der Waals surface area (Å²) in [6.07, 6.45) is 4.35. The Hall–Kier alpha value is -2.11. The van der Waals surface area contributed by atoms with Crippen molar-refractivity contribution in [1.29, 1.82) is 0 Å². The molecule has 0 aromatic heterocycles. The van der Waals surface area contributed by atoms with Crippen LogP contribution in [0.25, 0.3) is 11.1 Å². The molecule has 1 spiro atoms. The average Bonchev–Trinajstić information content (AvgIpc) is 2.92. The molecule has 5 rings (SSSR count). The van der Waals surface area contributed by atoms with Crippen LogP contribution >= 0.6 is 11.6 Å². The van der Waals surface area contributed by atoms with Crippen molar-refractivity contribution in [3.8, 4) is 11.1 Å². The first-order valence-corrected chi connectivity index (χ1v) is 11.3. The van der Waals surface area contributed by atoms with E-state index < -0.39 is 5.54 Å².